The van der Waals surface area contributed by atoms with Gasteiger partial charge in [0, 0.05) is 13.5 Å². The zero-order valence-corrected chi connectivity index (χ0v) is 11.5. The van der Waals surface area contributed by atoms with E-state index < -0.39 is 11.9 Å². The lowest BCUT2D eigenvalue weighted by atomic mass is 9.99. The Bertz CT molecular complexity index is 545. The summed E-state index contributed by atoms with van der Waals surface area (Å²) < 4.78 is 14.3. The van der Waals surface area contributed by atoms with E-state index in [1.54, 1.807) is 13.0 Å². The summed E-state index contributed by atoms with van der Waals surface area (Å²) in [5.74, 6) is -1.12. The highest BCUT2D eigenvalue weighted by atomic mass is 19.1. The Balaban J connectivity index is 2.14. The maximum Gasteiger partial charge on any atom is 0.246 e. The van der Waals surface area contributed by atoms with Crippen molar-refractivity contribution < 1.29 is 14.0 Å². The van der Waals surface area contributed by atoms with Gasteiger partial charge < -0.3 is 16.0 Å². The zero-order valence-electron chi connectivity index (χ0n) is 11.5. The van der Waals surface area contributed by atoms with Crippen molar-refractivity contribution in [3.63, 3.8) is 0 Å². The Kier molecular flexibility index (Phi) is 4.34. The standard InChI is InChI=1S/C14H18FN3O2/c1-8(17-9(2)19)14(20)18-12-4-3-10-7-16-6-5-11(10)13(12)15/h3-4,8,16H,5-7H2,1-2H3,(H,17,19)(H,18,20). The van der Waals surface area contributed by atoms with Crippen molar-refractivity contribution in [1.29, 1.82) is 0 Å². The minimum atomic E-state index is -0.704. The number of benzene rings is 1. The number of rotatable bonds is 3. The van der Waals surface area contributed by atoms with Crippen molar-refractivity contribution in [3.8, 4) is 0 Å². The lowest BCUT2D eigenvalue weighted by Crippen LogP contribution is -2.40. The van der Waals surface area contributed by atoms with Crippen molar-refractivity contribution in [1.82, 2.24) is 10.6 Å². The summed E-state index contributed by atoms with van der Waals surface area (Å²) in [5.41, 5.74) is 1.73. The Labute approximate surface area is 116 Å². The summed E-state index contributed by atoms with van der Waals surface area (Å²) in [6.07, 6.45) is 0.603. The molecule has 6 heteroatoms. The third-order valence-electron chi connectivity index (χ3n) is 3.28. The quantitative estimate of drug-likeness (QED) is 0.771. The topological polar surface area (TPSA) is 70.2 Å². The van der Waals surface area contributed by atoms with Crippen LogP contribution < -0.4 is 16.0 Å². The van der Waals surface area contributed by atoms with Gasteiger partial charge in [0.2, 0.25) is 11.8 Å². The van der Waals surface area contributed by atoms with Gasteiger partial charge in [0.25, 0.3) is 0 Å². The molecule has 1 heterocycles. The summed E-state index contributed by atoms with van der Waals surface area (Å²) in [4.78, 5) is 22.8. The van der Waals surface area contributed by atoms with Crippen LogP contribution in [-0.4, -0.2) is 24.4 Å². The van der Waals surface area contributed by atoms with Crippen molar-refractivity contribution in [3.05, 3.63) is 29.1 Å². The average Bonchev–Trinajstić information content (AvgIpc) is 2.41. The molecule has 3 N–H and O–H groups in total. The van der Waals surface area contributed by atoms with Crippen LogP contribution in [0.4, 0.5) is 10.1 Å². The third-order valence-corrected chi connectivity index (χ3v) is 3.28. The molecule has 108 valence electrons. The maximum absolute atomic E-state index is 14.3. The van der Waals surface area contributed by atoms with Gasteiger partial charge >= 0.3 is 0 Å². The Morgan fingerprint density at radius 3 is 2.85 bits per heavy atom. The van der Waals surface area contributed by atoms with E-state index in [1.165, 1.54) is 6.92 Å². The number of anilines is 1. The number of fused-ring (bicyclic) bond motifs is 1. The first-order valence-corrected chi connectivity index (χ1v) is 6.58. The Morgan fingerprint density at radius 1 is 1.40 bits per heavy atom. The van der Waals surface area contributed by atoms with Gasteiger partial charge in [-0.2, -0.15) is 0 Å². The second-order valence-corrected chi connectivity index (χ2v) is 4.90. The van der Waals surface area contributed by atoms with Gasteiger partial charge in [-0.3, -0.25) is 9.59 Å². The predicted molar refractivity (Wildman–Crippen MR) is 73.7 cm³/mol. The average molecular weight is 279 g/mol. The van der Waals surface area contributed by atoms with Crippen LogP contribution in [0.15, 0.2) is 12.1 Å². The summed E-state index contributed by atoms with van der Waals surface area (Å²) in [6, 6.07) is 2.66. The van der Waals surface area contributed by atoms with Crippen molar-refractivity contribution in [2.24, 2.45) is 0 Å². The molecule has 0 spiro atoms. The molecule has 0 aromatic heterocycles. The summed E-state index contributed by atoms with van der Waals surface area (Å²) in [6.45, 7) is 4.25. The number of carbonyl (C=O) groups excluding carboxylic acids is 2. The molecule has 2 amide bonds. The highest BCUT2D eigenvalue weighted by molar-refractivity contribution is 5.96. The fourth-order valence-electron chi connectivity index (χ4n) is 2.24. The predicted octanol–water partition coefficient (Wildman–Crippen LogP) is 0.934. The van der Waals surface area contributed by atoms with Gasteiger partial charge in [0.1, 0.15) is 11.9 Å². The molecule has 0 bridgehead atoms. The van der Waals surface area contributed by atoms with E-state index in [0.29, 0.717) is 18.5 Å². The number of carbonyl (C=O) groups is 2. The van der Waals surface area contributed by atoms with Gasteiger partial charge in [-0.25, -0.2) is 4.39 Å². The fourth-order valence-corrected chi connectivity index (χ4v) is 2.24. The van der Waals surface area contributed by atoms with E-state index in [2.05, 4.69) is 16.0 Å². The van der Waals surface area contributed by atoms with E-state index in [4.69, 9.17) is 0 Å². The number of amides is 2. The molecule has 0 radical (unpaired) electrons. The second kappa shape index (κ2) is 6.00. The Morgan fingerprint density at radius 2 is 2.15 bits per heavy atom. The van der Waals surface area contributed by atoms with Gasteiger partial charge in [-0.1, -0.05) is 6.07 Å². The molecule has 1 aromatic carbocycles. The maximum atomic E-state index is 14.3. The summed E-state index contributed by atoms with van der Waals surface area (Å²) >= 11 is 0. The summed E-state index contributed by atoms with van der Waals surface area (Å²) in [5, 5.41) is 8.14. The van der Waals surface area contributed by atoms with E-state index >= 15 is 0 Å². The Hall–Kier alpha value is -1.95. The first kappa shape index (κ1) is 14.5. The molecule has 1 aromatic rings. The molecule has 1 aliphatic rings. The third kappa shape index (κ3) is 3.14. The number of halogens is 1. The molecule has 20 heavy (non-hydrogen) atoms. The highest BCUT2D eigenvalue weighted by Crippen LogP contribution is 2.24. The van der Waals surface area contributed by atoms with Crippen LogP contribution in [0.25, 0.3) is 0 Å². The largest absolute Gasteiger partial charge is 0.345 e. The fraction of sp³-hybridized carbons (Fsp3) is 0.429. The minimum absolute atomic E-state index is 0.160. The van der Waals surface area contributed by atoms with Crippen LogP contribution in [0.2, 0.25) is 0 Å². The van der Waals surface area contributed by atoms with Crippen LogP contribution in [-0.2, 0) is 22.6 Å². The molecule has 1 unspecified atom stereocenters. The molecule has 0 aliphatic carbocycles. The van der Waals surface area contributed by atoms with Gasteiger partial charge in [0.15, 0.2) is 0 Å². The van der Waals surface area contributed by atoms with Crippen molar-refractivity contribution in [2.75, 3.05) is 11.9 Å². The molecule has 5 nitrogen and oxygen atoms in total. The molecule has 1 atom stereocenters. The molecular weight excluding hydrogens is 261 g/mol. The van der Waals surface area contributed by atoms with Crippen molar-refractivity contribution >= 4 is 17.5 Å². The number of nitrogens with one attached hydrogen (secondary N) is 3. The lowest BCUT2D eigenvalue weighted by molar-refractivity contribution is -0.124. The zero-order chi connectivity index (χ0) is 14.7. The lowest BCUT2D eigenvalue weighted by Gasteiger charge is -2.20. The van der Waals surface area contributed by atoms with E-state index in [9.17, 15) is 14.0 Å². The first-order valence-electron chi connectivity index (χ1n) is 6.58. The van der Waals surface area contributed by atoms with Gasteiger partial charge in [-0.15, -0.1) is 0 Å². The van der Waals surface area contributed by atoms with Crippen LogP contribution in [0, 0.1) is 5.82 Å². The van der Waals surface area contributed by atoms with Crippen LogP contribution in [0.3, 0.4) is 0 Å². The monoisotopic (exact) mass is 279 g/mol. The van der Waals surface area contributed by atoms with Gasteiger partial charge in [-0.05, 0) is 37.1 Å². The van der Waals surface area contributed by atoms with Crippen molar-refractivity contribution in [2.45, 2.75) is 32.9 Å². The smallest absolute Gasteiger partial charge is 0.246 e. The van der Waals surface area contributed by atoms with Crippen LogP contribution in [0.1, 0.15) is 25.0 Å². The van der Waals surface area contributed by atoms with E-state index in [0.717, 1.165) is 12.1 Å². The molecule has 1 aliphatic heterocycles. The minimum Gasteiger partial charge on any atom is -0.345 e. The molecule has 2 rings (SSSR count). The highest BCUT2D eigenvalue weighted by Gasteiger charge is 2.19. The summed E-state index contributed by atoms with van der Waals surface area (Å²) in [7, 11) is 0. The SMILES string of the molecule is CC(=O)NC(C)C(=O)Nc1ccc2c(c1F)CCNC2. The van der Waals surface area contributed by atoms with Gasteiger partial charge in [0.05, 0.1) is 5.69 Å². The normalized spacial score (nSPS) is 15.2. The molecule has 0 saturated carbocycles. The number of hydrogen-bond donors (Lipinski definition) is 3. The van der Waals surface area contributed by atoms with E-state index in [1.807, 2.05) is 6.07 Å². The molecule has 0 saturated heterocycles. The van der Waals surface area contributed by atoms with Crippen LogP contribution in [0.5, 0.6) is 0 Å². The van der Waals surface area contributed by atoms with Crippen LogP contribution >= 0.6 is 0 Å². The first-order chi connectivity index (χ1) is 9.49. The molecular formula is C14H18FN3O2. The van der Waals surface area contributed by atoms with E-state index in [-0.39, 0.29) is 17.4 Å². The number of hydrogen-bond acceptors (Lipinski definition) is 3. The molecule has 0 fully saturated rings. The second-order valence-electron chi connectivity index (χ2n) is 4.90.